The first-order valence-corrected chi connectivity index (χ1v) is 5.17. The molecule has 0 spiro atoms. The van der Waals surface area contributed by atoms with Gasteiger partial charge in [0.15, 0.2) is 5.82 Å². The van der Waals surface area contributed by atoms with Crippen LogP contribution in [0.2, 0.25) is 0 Å². The highest BCUT2D eigenvalue weighted by atomic mass is 19.1. The molecule has 1 heterocycles. The van der Waals surface area contributed by atoms with Crippen molar-refractivity contribution in [3.8, 4) is 0 Å². The monoisotopic (exact) mass is 227 g/mol. The number of hydrogen-bond acceptors (Lipinski definition) is 3. The summed E-state index contributed by atoms with van der Waals surface area (Å²) in [6.45, 7) is 1.11. The normalized spacial score (nSPS) is 19.9. The van der Waals surface area contributed by atoms with Crippen molar-refractivity contribution in [2.24, 2.45) is 5.73 Å². The first-order valence-electron chi connectivity index (χ1n) is 5.17. The molecule has 1 aromatic carbocycles. The second-order valence-corrected chi connectivity index (χ2v) is 4.14. The molecule has 1 atom stereocenters. The van der Waals surface area contributed by atoms with Gasteiger partial charge in [-0.25, -0.2) is 8.78 Å². The van der Waals surface area contributed by atoms with Crippen molar-refractivity contribution in [3.63, 3.8) is 0 Å². The zero-order valence-electron chi connectivity index (χ0n) is 9.37. The molecule has 0 saturated heterocycles. The summed E-state index contributed by atoms with van der Waals surface area (Å²) in [5.41, 5.74) is 6.62. The molecule has 1 unspecified atom stereocenters. The van der Waals surface area contributed by atoms with Crippen LogP contribution in [-0.4, -0.2) is 33.2 Å². The van der Waals surface area contributed by atoms with Crippen molar-refractivity contribution in [1.82, 2.24) is 0 Å². The molecule has 0 bridgehead atoms. The smallest absolute Gasteiger partial charge is 0.151 e. The second kappa shape index (κ2) is 3.90. The van der Waals surface area contributed by atoms with E-state index >= 15 is 0 Å². The van der Waals surface area contributed by atoms with Gasteiger partial charge in [0.25, 0.3) is 0 Å². The van der Waals surface area contributed by atoms with Crippen molar-refractivity contribution in [2.75, 3.05) is 37.0 Å². The molecule has 0 saturated carbocycles. The van der Waals surface area contributed by atoms with Crippen LogP contribution in [0.3, 0.4) is 0 Å². The number of rotatable bonds is 1. The fourth-order valence-electron chi connectivity index (χ4n) is 2.14. The third-order valence-corrected chi connectivity index (χ3v) is 3.08. The maximum Gasteiger partial charge on any atom is 0.151 e. The molecule has 0 fully saturated rings. The van der Waals surface area contributed by atoms with Crippen LogP contribution in [0.5, 0.6) is 0 Å². The summed E-state index contributed by atoms with van der Waals surface area (Å²) in [5.74, 6) is -1.09. The van der Waals surface area contributed by atoms with E-state index in [0.29, 0.717) is 24.5 Å². The summed E-state index contributed by atoms with van der Waals surface area (Å²) < 4.78 is 26.8. The molecule has 1 aliphatic rings. The lowest BCUT2D eigenvalue weighted by Crippen LogP contribution is -2.50. The minimum absolute atomic E-state index is 0.0532. The van der Waals surface area contributed by atoms with Crippen LogP contribution in [0, 0.1) is 11.6 Å². The van der Waals surface area contributed by atoms with Gasteiger partial charge in [-0.3, -0.25) is 0 Å². The average Bonchev–Trinajstić information content (AvgIpc) is 2.22. The first kappa shape index (κ1) is 11.1. The Morgan fingerprint density at radius 2 is 2.06 bits per heavy atom. The number of fused-ring (bicyclic) bond motifs is 1. The molecule has 0 amide bonds. The molecule has 16 heavy (non-hydrogen) atoms. The van der Waals surface area contributed by atoms with Gasteiger partial charge in [0.05, 0.1) is 17.4 Å². The van der Waals surface area contributed by atoms with E-state index in [2.05, 4.69) is 0 Å². The van der Waals surface area contributed by atoms with Crippen LogP contribution in [0.15, 0.2) is 12.1 Å². The van der Waals surface area contributed by atoms with Gasteiger partial charge in [-0.15, -0.1) is 0 Å². The molecule has 88 valence electrons. The predicted molar refractivity (Wildman–Crippen MR) is 60.9 cm³/mol. The van der Waals surface area contributed by atoms with E-state index in [-0.39, 0.29) is 6.04 Å². The van der Waals surface area contributed by atoms with Crippen molar-refractivity contribution < 1.29 is 8.78 Å². The minimum Gasteiger partial charge on any atom is -0.371 e. The third-order valence-electron chi connectivity index (χ3n) is 3.08. The van der Waals surface area contributed by atoms with Crippen molar-refractivity contribution in [3.05, 3.63) is 23.8 Å². The zero-order chi connectivity index (χ0) is 11.9. The molecule has 5 heteroatoms. The van der Waals surface area contributed by atoms with E-state index in [1.165, 1.54) is 6.07 Å². The Kier molecular flexibility index (Phi) is 2.71. The maximum absolute atomic E-state index is 13.7. The fourth-order valence-corrected chi connectivity index (χ4v) is 2.14. The Balaban J connectivity index is 2.54. The molecule has 0 aliphatic carbocycles. The largest absolute Gasteiger partial charge is 0.371 e. The average molecular weight is 227 g/mol. The minimum atomic E-state index is -0.553. The standard InChI is InChI=1S/C11H15F2N3/c1-15-6-8(5-14)16(2)11-9(13)3-7(12)4-10(11)15/h3-4,8H,5-6,14H2,1-2H3. The van der Waals surface area contributed by atoms with E-state index < -0.39 is 11.6 Å². The van der Waals surface area contributed by atoms with Gasteiger partial charge in [0, 0.05) is 33.3 Å². The Morgan fingerprint density at radius 3 is 2.69 bits per heavy atom. The van der Waals surface area contributed by atoms with Gasteiger partial charge in [-0.05, 0) is 6.07 Å². The van der Waals surface area contributed by atoms with Crippen LogP contribution in [0.1, 0.15) is 0 Å². The molecule has 3 nitrogen and oxygen atoms in total. The van der Waals surface area contributed by atoms with Crippen LogP contribution >= 0.6 is 0 Å². The Morgan fingerprint density at radius 1 is 1.38 bits per heavy atom. The van der Waals surface area contributed by atoms with E-state index in [1.807, 2.05) is 11.9 Å². The molecular weight excluding hydrogens is 212 g/mol. The number of nitrogens with zero attached hydrogens (tertiary/aromatic N) is 2. The highest BCUT2D eigenvalue weighted by Gasteiger charge is 2.28. The van der Waals surface area contributed by atoms with E-state index in [0.717, 1.165) is 6.07 Å². The van der Waals surface area contributed by atoms with Gasteiger partial charge < -0.3 is 15.5 Å². The molecule has 1 aromatic rings. The number of likely N-dealkylation sites (N-methyl/N-ethyl adjacent to an activating group) is 2. The Labute approximate surface area is 93.4 Å². The number of halogens is 2. The number of benzene rings is 1. The van der Waals surface area contributed by atoms with Crippen LogP contribution in [0.4, 0.5) is 20.2 Å². The fraction of sp³-hybridized carbons (Fsp3) is 0.455. The lowest BCUT2D eigenvalue weighted by atomic mass is 10.1. The Bertz CT molecular complexity index is 408. The van der Waals surface area contributed by atoms with Crippen molar-refractivity contribution in [2.45, 2.75) is 6.04 Å². The highest BCUT2D eigenvalue weighted by Crippen LogP contribution is 2.36. The summed E-state index contributed by atoms with van der Waals surface area (Å²) in [4.78, 5) is 3.61. The van der Waals surface area contributed by atoms with E-state index in [9.17, 15) is 8.78 Å². The quantitative estimate of drug-likeness (QED) is 0.782. The van der Waals surface area contributed by atoms with Gasteiger partial charge in [-0.2, -0.15) is 0 Å². The van der Waals surface area contributed by atoms with Gasteiger partial charge in [0.1, 0.15) is 5.82 Å². The number of hydrogen-bond donors (Lipinski definition) is 1. The van der Waals surface area contributed by atoms with E-state index in [4.69, 9.17) is 5.73 Å². The molecule has 0 aromatic heterocycles. The molecular formula is C11H15F2N3. The Hall–Kier alpha value is -1.36. The number of nitrogens with two attached hydrogens (primary N) is 1. The maximum atomic E-state index is 13.7. The summed E-state index contributed by atoms with van der Waals surface area (Å²) >= 11 is 0. The number of anilines is 2. The van der Waals surface area contributed by atoms with Crippen LogP contribution in [0.25, 0.3) is 0 Å². The lowest BCUT2D eigenvalue weighted by molar-refractivity contribution is 0.551. The molecule has 2 N–H and O–H groups in total. The second-order valence-electron chi connectivity index (χ2n) is 4.14. The highest BCUT2D eigenvalue weighted by molar-refractivity contribution is 5.74. The predicted octanol–water partition coefficient (Wildman–Crippen LogP) is 1.18. The zero-order valence-corrected chi connectivity index (χ0v) is 9.37. The van der Waals surface area contributed by atoms with Gasteiger partial charge >= 0.3 is 0 Å². The summed E-state index contributed by atoms with van der Waals surface area (Å²) in [7, 11) is 3.59. The van der Waals surface area contributed by atoms with Crippen molar-refractivity contribution >= 4 is 11.4 Å². The SMILES string of the molecule is CN1CC(CN)N(C)c2c(F)cc(F)cc21. The summed E-state index contributed by atoms with van der Waals surface area (Å²) in [6, 6.07) is 2.31. The lowest BCUT2D eigenvalue weighted by Gasteiger charge is -2.40. The molecule has 2 rings (SSSR count). The molecule has 1 aliphatic heterocycles. The summed E-state index contributed by atoms with van der Waals surface area (Å²) in [5, 5.41) is 0. The van der Waals surface area contributed by atoms with Crippen LogP contribution < -0.4 is 15.5 Å². The molecule has 0 radical (unpaired) electrons. The van der Waals surface area contributed by atoms with Crippen LogP contribution in [-0.2, 0) is 0 Å². The van der Waals surface area contributed by atoms with Gasteiger partial charge in [0.2, 0.25) is 0 Å². The topological polar surface area (TPSA) is 32.5 Å². The van der Waals surface area contributed by atoms with E-state index in [1.54, 1.807) is 11.9 Å². The first-order chi connectivity index (χ1) is 7.54. The summed E-state index contributed by atoms with van der Waals surface area (Å²) in [6.07, 6.45) is 0. The van der Waals surface area contributed by atoms with Crippen molar-refractivity contribution in [1.29, 1.82) is 0 Å². The third kappa shape index (κ3) is 1.61. The van der Waals surface area contributed by atoms with Gasteiger partial charge in [-0.1, -0.05) is 0 Å².